The minimum absolute atomic E-state index is 0.0922. The highest BCUT2D eigenvalue weighted by Gasteiger charge is 2.31. The topological polar surface area (TPSA) is 78.4 Å². The zero-order valence-corrected chi connectivity index (χ0v) is 20.8. The molecule has 1 aromatic carbocycles. The predicted molar refractivity (Wildman–Crippen MR) is 130 cm³/mol. The van der Waals surface area contributed by atoms with E-state index in [2.05, 4.69) is 14.7 Å². The Morgan fingerprint density at radius 2 is 1.61 bits per heavy atom. The van der Waals surface area contributed by atoms with Crippen molar-refractivity contribution >= 4 is 50.5 Å². The number of aromatic nitrogens is 2. The van der Waals surface area contributed by atoms with Gasteiger partial charge in [-0.15, -0.1) is 0 Å². The van der Waals surface area contributed by atoms with E-state index >= 15 is 0 Å². The zero-order valence-electron chi connectivity index (χ0n) is 18.4. The number of sulfonamides is 1. The van der Waals surface area contributed by atoms with Crippen molar-refractivity contribution in [3.05, 3.63) is 70.2 Å². The van der Waals surface area contributed by atoms with Crippen molar-refractivity contribution in [1.29, 1.82) is 0 Å². The van der Waals surface area contributed by atoms with Gasteiger partial charge in [0.1, 0.15) is 22.3 Å². The highest BCUT2D eigenvalue weighted by molar-refractivity contribution is 7.92. The van der Waals surface area contributed by atoms with Gasteiger partial charge >= 0.3 is 6.18 Å². The average Bonchev–Trinajstić information content (AvgIpc) is 3.04. The fourth-order valence-electron chi connectivity index (χ4n) is 3.72. The van der Waals surface area contributed by atoms with Gasteiger partial charge in [-0.25, -0.2) is 22.8 Å². The van der Waals surface area contributed by atoms with E-state index in [1.165, 1.54) is 18.3 Å². The standard InChI is InChI=1S/C22H19Cl2F4N5O2S/c23-17-10-15(25)3-4-19(17)36(34,35)31-16-11-18(24)21(30-13-16)33-7-1-6-32(8-9-33)20-5-2-14(12-29-20)22(26,27)28/h2-5,10-13,31H,1,6-9H2. The number of nitrogens with zero attached hydrogens (tertiary/aromatic N) is 4. The summed E-state index contributed by atoms with van der Waals surface area (Å²) >= 11 is 12.3. The van der Waals surface area contributed by atoms with Crippen molar-refractivity contribution in [2.24, 2.45) is 0 Å². The molecule has 0 atom stereocenters. The second-order valence-corrected chi connectivity index (χ2v) is 10.4. The van der Waals surface area contributed by atoms with Crippen LogP contribution in [0.25, 0.3) is 0 Å². The Kier molecular flexibility index (Phi) is 7.48. The maximum Gasteiger partial charge on any atom is 0.417 e. The summed E-state index contributed by atoms with van der Waals surface area (Å²) in [6.45, 7) is 2.07. The van der Waals surface area contributed by atoms with E-state index in [4.69, 9.17) is 23.2 Å². The summed E-state index contributed by atoms with van der Waals surface area (Å²) in [5.74, 6) is 0.202. The van der Waals surface area contributed by atoms with E-state index in [-0.39, 0.29) is 20.6 Å². The number of hydrogen-bond donors (Lipinski definition) is 1. The van der Waals surface area contributed by atoms with Crippen molar-refractivity contribution in [3.8, 4) is 0 Å². The molecule has 0 aliphatic carbocycles. The fraction of sp³-hybridized carbons (Fsp3) is 0.273. The monoisotopic (exact) mass is 563 g/mol. The van der Waals surface area contributed by atoms with Crippen LogP contribution in [0.1, 0.15) is 12.0 Å². The number of benzene rings is 1. The smallest absolute Gasteiger partial charge is 0.355 e. The highest BCUT2D eigenvalue weighted by Crippen LogP contribution is 2.31. The number of nitrogens with one attached hydrogen (secondary N) is 1. The third-order valence-corrected chi connectivity index (χ3v) is 7.59. The van der Waals surface area contributed by atoms with Crippen LogP contribution in [-0.4, -0.2) is 44.6 Å². The number of halogens is 6. The minimum atomic E-state index is -4.45. The van der Waals surface area contributed by atoms with Crippen LogP contribution in [0.15, 0.2) is 53.7 Å². The van der Waals surface area contributed by atoms with Gasteiger partial charge in [-0.2, -0.15) is 13.2 Å². The summed E-state index contributed by atoms with van der Waals surface area (Å²) in [4.78, 5) is 11.8. The Balaban J connectivity index is 1.45. The highest BCUT2D eigenvalue weighted by atomic mass is 35.5. The van der Waals surface area contributed by atoms with Gasteiger partial charge in [0.25, 0.3) is 10.0 Å². The Labute approximate surface area is 214 Å². The van der Waals surface area contributed by atoms with Crippen LogP contribution in [0.5, 0.6) is 0 Å². The molecule has 1 aliphatic rings. The fourth-order valence-corrected chi connectivity index (χ4v) is 5.57. The van der Waals surface area contributed by atoms with Crippen LogP contribution in [0.3, 0.4) is 0 Å². The molecule has 7 nitrogen and oxygen atoms in total. The molecule has 192 valence electrons. The first-order valence-electron chi connectivity index (χ1n) is 10.6. The molecule has 3 aromatic rings. The van der Waals surface area contributed by atoms with Crippen molar-refractivity contribution in [3.63, 3.8) is 0 Å². The lowest BCUT2D eigenvalue weighted by Crippen LogP contribution is -2.31. The summed E-state index contributed by atoms with van der Waals surface area (Å²) in [6.07, 6.45) is -1.67. The van der Waals surface area contributed by atoms with E-state index < -0.39 is 27.6 Å². The molecule has 0 bridgehead atoms. The molecule has 0 saturated carbocycles. The molecule has 1 fully saturated rings. The second-order valence-electron chi connectivity index (χ2n) is 7.94. The molecular formula is C22H19Cl2F4N5O2S. The van der Waals surface area contributed by atoms with Gasteiger partial charge in [0.2, 0.25) is 0 Å². The predicted octanol–water partition coefficient (Wildman–Crippen LogP) is 5.46. The van der Waals surface area contributed by atoms with Crippen LogP contribution in [0, 0.1) is 5.82 Å². The maximum absolute atomic E-state index is 13.3. The summed E-state index contributed by atoms with van der Waals surface area (Å²) in [7, 11) is -4.12. The molecule has 0 radical (unpaired) electrons. The molecule has 3 heterocycles. The number of alkyl halides is 3. The molecule has 0 unspecified atom stereocenters. The first-order chi connectivity index (χ1) is 16.9. The van der Waals surface area contributed by atoms with Crippen LogP contribution >= 0.6 is 23.2 Å². The van der Waals surface area contributed by atoms with E-state index in [0.29, 0.717) is 44.2 Å². The maximum atomic E-state index is 13.3. The molecular weight excluding hydrogens is 545 g/mol. The van der Waals surface area contributed by atoms with Gasteiger partial charge in [0.05, 0.1) is 27.5 Å². The summed E-state index contributed by atoms with van der Waals surface area (Å²) in [5, 5.41) is -0.0728. The molecule has 1 N–H and O–H groups in total. The lowest BCUT2D eigenvalue weighted by molar-refractivity contribution is -0.137. The van der Waals surface area contributed by atoms with E-state index in [1.807, 2.05) is 9.80 Å². The molecule has 1 aliphatic heterocycles. The van der Waals surface area contributed by atoms with Gasteiger partial charge in [-0.3, -0.25) is 4.72 Å². The molecule has 1 saturated heterocycles. The molecule has 0 spiro atoms. The Morgan fingerprint density at radius 1 is 0.889 bits per heavy atom. The lowest BCUT2D eigenvalue weighted by Gasteiger charge is -2.24. The van der Waals surface area contributed by atoms with E-state index in [1.54, 1.807) is 0 Å². The SMILES string of the molecule is O=S(=O)(Nc1cnc(N2CCCN(c3ccc(C(F)(F)F)cn3)CC2)c(Cl)c1)c1ccc(F)cc1Cl. The van der Waals surface area contributed by atoms with Crippen LogP contribution in [-0.2, 0) is 16.2 Å². The summed E-state index contributed by atoms with van der Waals surface area (Å²) in [6, 6.07) is 6.68. The molecule has 14 heteroatoms. The molecule has 0 amide bonds. The Hall–Kier alpha value is -2.83. The Morgan fingerprint density at radius 3 is 2.25 bits per heavy atom. The first kappa shape index (κ1) is 26.2. The summed E-state index contributed by atoms with van der Waals surface area (Å²) < 4.78 is 79.3. The third-order valence-electron chi connectivity index (χ3n) is 5.45. The number of anilines is 3. The van der Waals surface area contributed by atoms with Gasteiger partial charge in [0.15, 0.2) is 0 Å². The van der Waals surface area contributed by atoms with Crippen molar-refractivity contribution in [2.45, 2.75) is 17.5 Å². The largest absolute Gasteiger partial charge is 0.417 e. The van der Waals surface area contributed by atoms with Gasteiger partial charge in [-0.05, 0) is 42.8 Å². The zero-order chi connectivity index (χ0) is 26.1. The number of rotatable bonds is 5. The van der Waals surface area contributed by atoms with Crippen LogP contribution in [0.4, 0.5) is 34.9 Å². The average molecular weight is 564 g/mol. The normalized spacial score (nSPS) is 15.1. The first-order valence-corrected chi connectivity index (χ1v) is 12.8. The summed E-state index contributed by atoms with van der Waals surface area (Å²) in [5.41, 5.74) is -0.717. The molecule has 4 rings (SSSR count). The Bertz CT molecular complexity index is 1360. The minimum Gasteiger partial charge on any atom is -0.355 e. The number of pyridine rings is 2. The quantitative estimate of drug-likeness (QED) is 0.415. The lowest BCUT2D eigenvalue weighted by atomic mass is 10.2. The van der Waals surface area contributed by atoms with Gasteiger partial charge in [-0.1, -0.05) is 23.2 Å². The van der Waals surface area contributed by atoms with Gasteiger partial charge < -0.3 is 9.80 Å². The van der Waals surface area contributed by atoms with E-state index in [0.717, 1.165) is 30.5 Å². The van der Waals surface area contributed by atoms with Crippen molar-refractivity contribution < 1.29 is 26.0 Å². The van der Waals surface area contributed by atoms with Crippen molar-refractivity contribution in [2.75, 3.05) is 40.7 Å². The van der Waals surface area contributed by atoms with Crippen LogP contribution < -0.4 is 14.5 Å². The van der Waals surface area contributed by atoms with Crippen molar-refractivity contribution in [1.82, 2.24) is 9.97 Å². The molecule has 36 heavy (non-hydrogen) atoms. The molecule has 2 aromatic heterocycles. The van der Waals surface area contributed by atoms with E-state index in [9.17, 15) is 26.0 Å². The number of hydrogen-bond acceptors (Lipinski definition) is 6. The van der Waals surface area contributed by atoms with Gasteiger partial charge in [0, 0.05) is 32.4 Å². The third kappa shape index (κ3) is 5.93. The van der Waals surface area contributed by atoms with Crippen LogP contribution in [0.2, 0.25) is 10.0 Å². The second kappa shape index (κ2) is 10.3.